The molecule has 0 fully saturated rings. The van der Waals surface area contributed by atoms with Crippen molar-refractivity contribution < 1.29 is 14.6 Å². The molecule has 0 aliphatic heterocycles. The van der Waals surface area contributed by atoms with Crippen LogP contribution < -0.4 is 10.1 Å². The van der Waals surface area contributed by atoms with Gasteiger partial charge in [0.15, 0.2) is 17.1 Å². The number of ether oxygens (including phenoxy) is 1. The number of carbonyl (C=O) groups is 1. The summed E-state index contributed by atoms with van der Waals surface area (Å²) < 4.78 is 8.11. The van der Waals surface area contributed by atoms with E-state index in [0.717, 1.165) is 5.75 Å². The van der Waals surface area contributed by atoms with Gasteiger partial charge in [-0.1, -0.05) is 49.9 Å². The molecular weight excluding hydrogens is 424 g/mol. The summed E-state index contributed by atoms with van der Waals surface area (Å²) in [5.41, 5.74) is 1.64. The van der Waals surface area contributed by atoms with E-state index >= 15 is 0 Å². The number of phenols is 1. The summed E-state index contributed by atoms with van der Waals surface area (Å²) in [6.07, 6.45) is -0.306. The second-order valence-corrected chi connectivity index (χ2v) is 9.08. The van der Waals surface area contributed by atoms with Crippen LogP contribution in [0.5, 0.6) is 11.5 Å². The van der Waals surface area contributed by atoms with Gasteiger partial charge in [0.2, 0.25) is 5.91 Å². The average molecular weight is 455 g/mol. The molecule has 2 N–H and O–H groups in total. The fraction of sp³-hybridized carbons (Fsp3) is 0.375. The normalized spacial score (nSPS) is 12.2. The fourth-order valence-electron chi connectivity index (χ4n) is 3.23. The van der Waals surface area contributed by atoms with Crippen LogP contribution in [-0.4, -0.2) is 31.5 Å². The Hall–Kier alpha value is -3.00. The van der Waals surface area contributed by atoms with Crippen molar-refractivity contribution in [3.8, 4) is 11.5 Å². The number of rotatable bonds is 9. The smallest absolute Gasteiger partial charge is 0.234 e. The summed E-state index contributed by atoms with van der Waals surface area (Å²) >= 11 is 1.30. The molecule has 0 radical (unpaired) electrons. The SMILES string of the molecule is CC(C)c1ccc(OC(C)c2nnc(SCC(=O)Nc3ccccc3O)n2C(C)C)cc1. The van der Waals surface area contributed by atoms with E-state index in [1.165, 1.54) is 23.4 Å². The van der Waals surface area contributed by atoms with Crippen LogP contribution in [0.4, 0.5) is 5.69 Å². The van der Waals surface area contributed by atoms with Crippen molar-refractivity contribution in [3.63, 3.8) is 0 Å². The Kier molecular flexibility index (Phi) is 7.80. The molecule has 170 valence electrons. The first-order chi connectivity index (χ1) is 15.3. The molecule has 0 aliphatic carbocycles. The Bertz CT molecular complexity index is 1050. The van der Waals surface area contributed by atoms with E-state index in [4.69, 9.17) is 4.74 Å². The molecule has 1 heterocycles. The Morgan fingerprint density at radius 3 is 2.38 bits per heavy atom. The largest absolute Gasteiger partial charge is 0.506 e. The summed E-state index contributed by atoms with van der Waals surface area (Å²) in [6, 6.07) is 14.8. The molecule has 32 heavy (non-hydrogen) atoms. The molecule has 8 heteroatoms. The van der Waals surface area contributed by atoms with Gasteiger partial charge in [0.1, 0.15) is 11.5 Å². The van der Waals surface area contributed by atoms with Crippen LogP contribution in [0, 0.1) is 0 Å². The quantitative estimate of drug-likeness (QED) is 0.325. The third-order valence-electron chi connectivity index (χ3n) is 4.94. The summed E-state index contributed by atoms with van der Waals surface area (Å²) in [5, 5.41) is 21.8. The van der Waals surface area contributed by atoms with Gasteiger partial charge in [0.05, 0.1) is 11.4 Å². The van der Waals surface area contributed by atoms with E-state index in [9.17, 15) is 9.90 Å². The second-order valence-electron chi connectivity index (χ2n) is 8.14. The first-order valence-electron chi connectivity index (χ1n) is 10.7. The minimum Gasteiger partial charge on any atom is -0.506 e. The predicted molar refractivity (Wildman–Crippen MR) is 127 cm³/mol. The predicted octanol–water partition coefficient (Wildman–Crippen LogP) is 5.56. The highest BCUT2D eigenvalue weighted by molar-refractivity contribution is 7.99. The molecule has 0 saturated heterocycles. The third-order valence-corrected chi connectivity index (χ3v) is 5.88. The van der Waals surface area contributed by atoms with Gasteiger partial charge in [-0.15, -0.1) is 10.2 Å². The van der Waals surface area contributed by atoms with E-state index in [2.05, 4.69) is 41.5 Å². The summed E-state index contributed by atoms with van der Waals surface area (Å²) in [4.78, 5) is 12.4. The Labute approximate surface area is 193 Å². The maximum atomic E-state index is 12.4. The number of nitrogens with zero attached hydrogens (tertiary/aromatic N) is 3. The summed E-state index contributed by atoms with van der Waals surface area (Å²) in [6.45, 7) is 10.3. The second kappa shape index (κ2) is 10.5. The average Bonchev–Trinajstić information content (AvgIpc) is 3.19. The number of aromatic nitrogens is 3. The molecule has 1 amide bonds. The van der Waals surface area contributed by atoms with Gasteiger partial charge in [-0.25, -0.2) is 0 Å². The summed E-state index contributed by atoms with van der Waals surface area (Å²) in [5.74, 6) is 1.89. The van der Waals surface area contributed by atoms with E-state index in [1.807, 2.05) is 37.5 Å². The molecule has 3 aromatic rings. The van der Waals surface area contributed by atoms with Crippen LogP contribution >= 0.6 is 11.8 Å². The Morgan fingerprint density at radius 1 is 1.06 bits per heavy atom. The van der Waals surface area contributed by atoms with E-state index < -0.39 is 0 Å². The first kappa shape index (κ1) is 23.7. The molecule has 0 bridgehead atoms. The zero-order valence-electron chi connectivity index (χ0n) is 19.1. The van der Waals surface area contributed by atoms with Crippen LogP contribution in [0.15, 0.2) is 53.7 Å². The number of para-hydroxylation sites is 2. The number of anilines is 1. The van der Waals surface area contributed by atoms with Crippen molar-refractivity contribution in [1.82, 2.24) is 14.8 Å². The number of hydrogen-bond acceptors (Lipinski definition) is 6. The maximum absolute atomic E-state index is 12.4. The molecule has 0 spiro atoms. The third kappa shape index (κ3) is 5.82. The highest BCUT2D eigenvalue weighted by Gasteiger charge is 2.22. The summed E-state index contributed by atoms with van der Waals surface area (Å²) in [7, 11) is 0. The van der Waals surface area contributed by atoms with Gasteiger partial charge in [0.25, 0.3) is 0 Å². The standard InChI is InChI=1S/C24H30N4O3S/c1-15(2)18-10-12-19(13-11-18)31-17(5)23-26-27-24(28(23)16(3)4)32-14-22(30)25-20-8-6-7-9-21(20)29/h6-13,15-17,29H,14H2,1-5H3,(H,25,30). The van der Waals surface area contributed by atoms with Crippen LogP contribution in [0.25, 0.3) is 0 Å². The van der Waals surface area contributed by atoms with Gasteiger partial charge in [-0.2, -0.15) is 0 Å². The van der Waals surface area contributed by atoms with Crippen molar-refractivity contribution in [2.24, 2.45) is 0 Å². The number of thioether (sulfide) groups is 1. The van der Waals surface area contributed by atoms with Crippen molar-refractivity contribution in [2.45, 2.75) is 57.8 Å². The lowest BCUT2D eigenvalue weighted by atomic mass is 10.0. The van der Waals surface area contributed by atoms with Crippen LogP contribution in [0.3, 0.4) is 0 Å². The number of benzene rings is 2. The molecule has 1 atom stereocenters. The molecule has 3 rings (SSSR count). The lowest BCUT2D eigenvalue weighted by molar-refractivity contribution is -0.113. The van der Waals surface area contributed by atoms with Gasteiger partial charge in [-0.05, 0) is 56.5 Å². The number of nitrogens with one attached hydrogen (secondary N) is 1. The topological polar surface area (TPSA) is 89.3 Å². The molecule has 1 unspecified atom stereocenters. The highest BCUT2D eigenvalue weighted by atomic mass is 32.2. The molecule has 7 nitrogen and oxygen atoms in total. The van der Waals surface area contributed by atoms with Crippen molar-refractivity contribution in [1.29, 1.82) is 0 Å². The van der Waals surface area contributed by atoms with Gasteiger partial charge in [-0.3, -0.25) is 4.79 Å². The number of amides is 1. The molecule has 0 aliphatic rings. The van der Waals surface area contributed by atoms with Gasteiger partial charge in [0, 0.05) is 6.04 Å². The van der Waals surface area contributed by atoms with Crippen LogP contribution in [-0.2, 0) is 4.79 Å². The number of phenolic OH excluding ortho intramolecular Hbond substituents is 1. The van der Waals surface area contributed by atoms with E-state index in [0.29, 0.717) is 22.6 Å². The number of carbonyl (C=O) groups excluding carboxylic acids is 1. The fourth-order valence-corrected chi connectivity index (χ4v) is 4.11. The van der Waals surface area contributed by atoms with Crippen molar-refractivity contribution in [3.05, 3.63) is 59.9 Å². The van der Waals surface area contributed by atoms with Crippen LogP contribution in [0.2, 0.25) is 0 Å². The van der Waals surface area contributed by atoms with E-state index in [1.54, 1.807) is 18.2 Å². The Balaban J connectivity index is 1.67. The van der Waals surface area contributed by atoms with E-state index in [-0.39, 0.29) is 29.6 Å². The zero-order chi connectivity index (χ0) is 23.3. The highest BCUT2D eigenvalue weighted by Crippen LogP contribution is 2.29. The lowest BCUT2D eigenvalue weighted by Crippen LogP contribution is -2.16. The minimum absolute atomic E-state index is 0.0332. The molecule has 2 aromatic carbocycles. The number of hydrogen-bond donors (Lipinski definition) is 2. The zero-order valence-corrected chi connectivity index (χ0v) is 19.9. The molecular formula is C24H30N4O3S. The Morgan fingerprint density at radius 2 is 1.75 bits per heavy atom. The molecule has 1 aromatic heterocycles. The first-order valence-corrected chi connectivity index (χ1v) is 11.7. The molecule has 0 saturated carbocycles. The monoisotopic (exact) mass is 454 g/mol. The van der Waals surface area contributed by atoms with Gasteiger partial charge >= 0.3 is 0 Å². The van der Waals surface area contributed by atoms with Crippen molar-refractivity contribution >= 4 is 23.4 Å². The number of aromatic hydroxyl groups is 1. The van der Waals surface area contributed by atoms with Crippen LogP contribution in [0.1, 0.15) is 64.1 Å². The van der Waals surface area contributed by atoms with Gasteiger partial charge < -0.3 is 19.7 Å². The maximum Gasteiger partial charge on any atom is 0.234 e. The van der Waals surface area contributed by atoms with Crippen molar-refractivity contribution in [2.75, 3.05) is 11.1 Å². The minimum atomic E-state index is -0.306. The lowest BCUT2D eigenvalue weighted by Gasteiger charge is -2.19.